The second-order valence-electron chi connectivity index (χ2n) is 3.74. The lowest BCUT2D eigenvalue weighted by Gasteiger charge is -2.15. The van der Waals surface area contributed by atoms with Gasteiger partial charge in [-0.3, -0.25) is 4.79 Å². The summed E-state index contributed by atoms with van der Waals surface area (Å²) in [5, 5.41) is 29.9. The zero-order valence-corrected chi connectivity index (χ0v) is 9.46. The molecule has 0 aliphatic carbocycles. The van der Waals surface area contributed by atoms with Crippen LogP contribution in [0.3, 0.4) is 0 Å². The second-order valence-corrected chi connectivity index (χ2v) is 3.74. The molecule has 6 N–H and O–H groups in total. The van der Waals surface area contributed by atoms with Crippen molar-refractivity contribution in [1.29, 1.82) is 0 Å². The largest absolute Gasteiger partial charge is 0.504 e. The smallest absolute Gasteiger partial charge is 0.326 e. The maximum atomic E-state index is 10.9. The van der Waals surface area contributed by atoms with E-state index >= 15 is 0 Å². The Hall–Kier alpha value is -2.44. The van der Waals surface area contributed by atoms with Gasteiger partial charge in [-0.1, -0.05) is 0 Å². The Bertz CT molecular complexity index is 461. The topological polar surface area (TPSA) is 133 Å². The first-order valence-corrected chi connectivity index (χ1v) is 5.19. The van der Waals surface area contributed by atoms with Gasteiger partial charge in [0.05, 0.1) is 0 Å². The van der Waals surface area contributed by atoms with Gasteiger partial charge in [0.15, 0.2) is 11.5 Å². The number of benzene rings is 1. The summed E-state index contributed by atoms with van der Waals surface area (Å²) in [5.74, 6) is -2.39. The molecule has 0 saturated heterocycles. The Balaban J connectivity index is 2.73. The van der Waals surface area contributed by atoms with E-state index in [1.165, 1.54) is 18.2 Å². The van der Waals surface area contributed by atoms with Crippen molar-refractivity contribution in [3.8, 4) is 11.5 Å². The molecule has 1 aromatic rings. The molecule has 0 heterocycles. The number of nitrogens with one attached hydrogen (secondary N) is 1. The quantitative estimate of drug-likeness (QED) is 0.364. The molecule has 0 spiro atoms. The summed E-state index contributed by atoms with van der Waals surface area (Å²) < 4.78 is 0. The molecule has 7 heteroatoms. The number of anilines is 1. The molecule has 0 aromatic heterocycles. The minimum Gasteiger partial charge on any atom is -0.504 e. The maximum Gasteiger partial charge on any atom is 0.326 e. The van der Waals surface area contributed by atoms with Crippen LogP contribution in [0.15, 0.2) is 18.2 Å². The Morgan fingerprint density at radius 1 is 1.28 bits per heavy atom. The number of amides is 1. The highest BCUT2D eigenvalue weighted by molar-refractivity contribution is 5.79. The number of phenols is 2. The average Bonchev–Trinajstić information content (AvgIpc) is 2.28. The summed E-state index contributed by atoms with van der Waals surface area (Å²) in [7, 11) is 0. The number of carbonyl (C=O) groups excluding carboxylic acids is 1. The van der Waals surface area contributed by atoms with Crippen LogP contribution in [-0.4, -0.2) is 33.2 Å². The van der Waals surface area contributed by atoms with E-state index in [9.17, 15) is 14.7 Å². The van der Waals surface area contributed by atoms with E-state index in [2.05, 4.69) is 5.32 Å². The van der Waals surface area contributed by atoms with Gasteiger partial charge in [-0.25, -0.2) is 4.79 Å². The van der Waals surface area contributed by atoms with E-state index in [-0.39, 0.29) is 24.3 Å². The van der Waals surface area contributed by atoms with Gasteiger partial charge < -0.3 is 26.4 Å². The summed E-state index contributed by atoms with van der Waals surface area (Å²) in [6.45, 7) is 0. The molecular formula is C11H14N2O5. The molecule has 0 unspecified atom stereocenters. The summed E-state index contributed by atoms with van der Waals surface area (Å²) >= 11 is 0. The minimum atomic E-state index is -1.14. The van der Waals surface area contributed by atoms with Gasteiger partial charge >= 0.3 is 5.97 Å². The highest BCUT2D eigenvalue weighted by Gasteiger charge is 2.18. The van der Waals surface area contributed by atoms with Crippen molar-refractivity contribution in [2.75, 3.05) is 5.32 Å². The Labute approximate surface area is 103 Å². The molecule has 0 saturated carbocycles. The van der Waals surface area contributed by atoms with Crippen molar-refractivity contribution in [3.63, 3.8) is 0 Å². The van der Waals surface area contributed by atoms with Crippen LogP contribution in [-0.2, 0) is 9.59 Å². The molecule has 1 aromatic carbocycles. The zero-order valence-electron chi connectivity index (χ0n) is 9.46. The predicted octanol–water partition coefficient (Wildman–Crippen LogP) is 0.228. The van der Waals surface area contributed by atoms with Crippen molar-refractivity contribution >= 4 is 17.6 Å². The fourth-order valence-electron chi connectivity index (χ4n) is 1.36. The molecule has 0 aliphatic rings. The number of rotatable bonds is 6. The van der Waals surface area contributed by atoms with E-state index in [1.807, 2.05) is 0 Å². The number of hydrogen-bond acceptors (Lipinski definition) is 5. The molecule has 0 aliphatic heterocycles. The van der Waals surface area contributed by atoms with Crippen molar-refractivity contribution in [3.05, 3.63) is 18.2 Å². The first kappa shape index (κ1) is 13.6. The van der Waals surface area contributed by atoms with Crippen molar-refractivity contribution in [2.24, 2.45) is 5.73 Å². The molecule has 0 bridgehead atoms. The number of nitrogens with two attached hydrogens (primary N) is 1. The van der Waals surface area contributed by atoms with E-state index in [4.69, 9.17) is 15.9 Å². The van der Waals surface area contributed by atoms with Gasteiger partial charge in [-0.15, -0.1) is 0 Å². The molecule has 7 nitrogen and oxygen atoms in total. The lowest BCUT2D eigenvalue weighted by atomic mass is 10.1. The van der Waals surface area contributed by atoms with Crippen LogP contribution in [0.25, 0.3) is 0 Å². The lowest BCUT2D eigenvalue weighted by Crippen LogP contribution is -2.30. The summed E-state index contributed by atoms with van der Waals surface area (Å²) in [6, 6.07) is 2.83. The van der Waals surface area contributed by atoms with Crippen LogP contribution in [0.2, 0.25) is 0 Å². The first-order chi connectivity index (χ1) is 8.40. The fourth-order valence-corrected chi connectivity index (χ4v) is 1.36. The third-order valence-corrected chi connectivity index (χ3v) is 2.29. The Morgan fingerprint density at radius 2 is 1.94 bits per heavy atom. The monoisotopic (exact) mass is 254 g/mol. The maximum absolute atomic E-state index is 10.9. The molecule has 98 valence electrons. The van der Waals surface area contributed by atoms with E-state index in [0.717, 1.165) is 0 Å². The predicted molar refractivity (Wildman–Crippen MR) is 63.2 cm³/mol. The third kappa shape index (κ3) is 3.85. The molecule has 1 atom stereocenters. The zero-order chi connectivity index (χ0) is 13.7. The SMILES string of the molecule is NC(=O)CC[C@H](Nc1ccc(O)c(O)c1)C(=O)O. The molecule has 1 rings (SSSR count). The van der Waals surface area contributed by atoms with Crippen LogP contribution >= 0.6 is 0 Å². The normalized spacial score (nSPS) is 11.8. The van der Waals surface area contributed by atoms with Crippen LogP contribution in [0.1, 0.15) is 12.8 Å². The van der Waals surface area contributed by atoms with Gasteiger partial charge in [0.2, 0.25) is 5.91 Å². The van der Waals surface area contributed by atoms with Crippen molar-refractivity contribution < 1.29 is 24.9 Å². The van der Waals surface area contributed by atoms with Crippen LogP contribution in [0.4, 0.5) is 5.69 Å². The van der Waals surface area contributed by atoms with E-state index in [1.54, 1.807) is 0 Å². The van der Waals surface area contributed by atoms with Crippen LogP contribution in [0.5, 0.6) is 11.5 Å². The number of carboxylic acid groups (broad SMARTS) is 1. The summed E-state index contributed by atoms with van der Waals surface area (Å²) in [4.78, 5) is 21.5. The van der Waals surface area contributed by atoms with E-state index in [0.29, 0.717) is 5.69 Å². The first-order valence-electron chi connectivity index (χ1n) is 5.19. The van der Waals surface area contributed by atoms with Crippen molar-refractivity contribution in [2.45, 2.75) is 18.9 Å². The van der Waals surface area contributed by atoms with Gasteiger partial charge in [0, 0.05) is 18.2 Å². The number of carboxylic acids is 1. The van der Waals surface area contributed by atoms with Gasteiger partial charge in [-0.2, -0.15) is 0 Å². The van der Waals surface area contributed by atoms with Crippen LogP contribution < -0.4 is 11.1 Å². The molecule has 0 radical (unpaired) electrons. The minimum absolute atomic E-state index is 0.0340. The van der Waals surface area contributed by atoms with Gasteiger partial charge in [0.1, 0.15) is 6.04 Å². The number of hydrogen-bond donors (Lipinski definition) is 5. The van der Waals surface area contributed by atoms with Gasteiger partial charge in [0.25, 0.3) is 0 Å². The number of aliphatic carboxylic acids is 1. The van der Waals surface area contributed by atoms with Gasteiger partial charge in [-0.05, 0) is 18.6 Å². The number of primary amides is 1. The molecule has 18 heavy (non-hydrogen) atoms. The molecule has 0 fully saturated rings. The fraction of sp³-hybridized carbons (Fsp3) is 0.273. The standard InChI is InChI=1S/C11H14N2O5/c12-10(16)4-2-7(11(17)18)13-6-1-3-8(14)9(15)5-6/h1,3,5,7,13-15H,2,4H2,(H2,12,16)(H,17,18)/t7-/m0/s1. The highest BCUT2D eigenvalue weighted by Crippen LogP contribution is 2.27. The van der Waals surface area contributed by atoms with Crippen molar-refractivity contribution in [1.82, 2.24) is 0 Å². The number of carbonyl (C=O) groups is 2. The Kier molecular flexibility index (Phi) is 4.36. The number of aromatic hydroxyl groups is 2. The third-order valence-electron chi connectivity index (χ3n) is 2.29. The summed E-state index contributed by atoms with van der Waals surface area (Å²) in [6.07, 6.45) is -0.0274. The van der Waals surface area contributed by atoms with Crippen LogP contribution in [0, 0.1) is 0 Å². The molecule has 1 amide bonds. The Morgan fingerprint density at radius 3 is 2.44 bits per heavy atom. The average molecular weight is 254 g/mol. The van der Waals surface area contributed by atoms with E-state index < -0.39 is 17.9 Å². The molecular weight excluding hydrogens is 240 g/mol. The summed E-state index contributed by atoms with van der Waals surface area (Å²) in [5.41, 5.74) is 5.27. The lowest BCUT2D eigenvalue weighted by molar-refractivity contribution is -0.138. The highest BCUT2D eigenvalue weighted by atomic mass is 16.4. The second kappa shape index (κ2) is 5.76. The number of phenolic OH excluding ortho intramolecular Hbond substituents is 2.